The number of aromatic nitrogens is 5. The molecular formula is C24H26F3N7O4. The predicted octanol–water partition coefficient (Wildman–Crippen LogP) is 2.55. The van der Waals surface area contributed by atoms with Crippen molar-refractivity contribution in [1.29, 1.82) is 0 Å². The summed E-state index contributed by atoms with van der Waals surface area (Å²) in [4.78, 5) is 24.4. The van der Waals surface area contributed by atoms with Crippen molar-refractivity contribution in [2.24, 2.45) is 5.92 Å². The second kappa shape index (κ2) is 12.4. The predicted molar refractivity (Wildman–Crippen MR) is 127 cm³/mol. The number of rotatable bonds is 12. The first kappa shape index (κ1) is 27.0. The normalized spacial score (nSPS) is 13.6. The lowest BCUT2D eigenvalue weighted by Crippen LogP contribution is -2.39. The van der Waals surface area contributed by atoms with E-state index < -0.39 is 18.0 Å². The highest BCUT2D eigenvalue weighted by molar-refractivity contribution is 5.92. The fourth-order valence-corrected chi connectivity index (χ4v) is 3.61. The molecule has 1 saturated heterocycles. The minimum absolute atomic E-state index is 0.153. The maximum Gasteiger partial charge on any atom is 0.573 e. The summed E-state index contributed by atoms with van der Waals surface area (Å²) < 4.78 is 47.7. The number of halogens is 3. The van der Waals surface area contributed by atoms with E-state index in [1.807, 2.05) is 0 Å². The van der Waals surface area contributed by atoms with Gasteiger partial charge >= 0.3 is 6.36 Å². The van der Waals surface area contributed by atoms with E-state index in [9.17, 15) is 22.8 Å². The molecule has 14 heteroatoms. The van der Waals surface area contributed by atoms with Crippen LogP contribution >= 0.6 is 0 Å². The summed E-state index contributed by atoms with van der Waals surface area (Å²) in [5, 5.41) is 21.4. The van der Waals surface area contributed by atoms with Crippen LogP contribution in [0.3, 0.4) is 0 Å². The number of unbranched alkanes of at least 4 members (excludes halogenated alkanes) is 1. The highest BCUT2D eigenvalue weighted by Crippen LogP contribution is 2.23. The van der Waals surface area contributed by atoms with Crippen molar-refractivity contribution in [1.82, 2.24) is 30.5 Å². The van der Waals surface area contributed by atoms with Crippen molar-refractivity contribution in [3.63, 3.8) is 0 Å². The van der Waals surface area contributed by atoms with Gasteiger partial charge in [0.15, 0.2) is 11.5 Å². The van der Waals surface area contributed by atoms with Crippen molar-refractivity contribution >= 4 is 17.6 Å². The van der Waals surface area contributed by atoms with Crippen LogP contribution < -0.4 is 15.4 Å². The molecule has 0 aliphatic carbocycles. The van der Waals surface area contributed by atoms with Crippen molar-refractivity contribution in [2.75, 3.05) is 25.1 Å². The van der Waals surface area contributed by atoms with Crippen LogP contribution in [-0.4, -0.2) is 63.1 Å². The number of anilines is 1. The van der Waals surface area contributed by atoms with Crippen LogP contribution in [0.5, 0.6) is 5.75 Å². The van der Waals surface area contributed by atoms with Crippen LogP contribution in [0.1, 0.15) is 34.6 Å². The lowest BCUT2D eigenvalue weighted by molar-refractivity contribution is -0.274. The molecule has 202 valence electrons. The molecule has 2 N–H and O–H groups in total. The van der Waals surface area contributed by atoms with Crippen molar-refractivity contribution in [3.05, 3.63) is 59.5 Å². The van der Waals surface area contributed by atoms with E-state index in [-0.39, 0.29) is 23.8 Å². The van der Waals surface area contributed by atoms with Gasteiger partial charge in [0.25, 0.3) is 5.91 Å². The molecule has 1 aliphatic rings. The molecule has 0 radical (unpaired) electrons. The van der Waals surface area contributed by atoms with Gasteiger partial charge < -0.3 is 20.1 Å². The topological polar surface area (TPSA) is 133 Å². The lowest BCUT2D eigenvalue weighted by Gasteiger charge is -2.25. The summed E-state index contributed by atoms with van der Waals surface area (Å²) in [6, 6.07) is 8.58. The summed E-state index contributed by atoms with van der Waals surface area (Å²) in [5.41, 5.74) is 1.37. The highest BCUT2D eigenvalue weighted by Gasteiger charge is 2.31. The summed E-state index contributed by atoms with van der Waals surface area (Å²) in [5.74, 6) is -0.504. The fraction of sp³-hybridized carbons (Fsp3) is 0.417. The molecule has 38 heavy (non-hydrogen) atoms. The maximum atomic E-state index is 12.4. The van der Waals surface area contributed by atoms with Gasteiger partial charge in [0, 0.05) is 19.0 Å². The molecule has 3 heterocycles. The zero-order chi connectivity index (χ0) is 27.0. The number of carbonyl (C=O) groups is 2. The Morgan fingerprint density at radius 1 is 1.11 bits per heavy atom. The third-order valence-electron chi connectivity index (χ3n) is 5.58. The minimum Gasteiger partial charge on any atom is -0.406 e. The van der Waals surface area contributed by atoms with Crippen LogP contribution in [0.2, 0.25) is 0 Å². The molecule has 0 unspecified atom stereocenters. The summed E-state index contributed by atoms with van der Waals surface area (Å²) in [6.45, 7) is 2.48. The fourth-order valence-electron chi connectivity index (χ4n) is 3.61. The number of alkyl halides is 3. The number of aryl methyl sites for hydroxylation is 2. The standard InChI is InChI=1S/C24H26F3N7O4/c25-24(26,27)38-19-6-3-4-16(10-19)11-22(35)29-21-8-7-18(30-32-21)5-1-2-9-34-13-20(31-33-34)23(36)28-12-17-14-37-15-17/h3-4,6-8,10,13,17H,1-2,5,9,11-12,14-15H2,(H,28,36)(H,29,32,35). The van der Waals surface area contributed by atoms with E-state index in [1.165, 1.54) is 12.1 Å². The SMILES string of the molecule is O=C(Cc1cccc(OC(F)(F)F)c1)Nc1ccc(CCCCn2cc(C(=O)NCC3COC3)nn2)nn1. The molecular weight excluding hydrogens is 507 g/mol. The molecule has 3 aromatic rings. The lowest BCUT2D eigenvalue weighted by atomic mass is 10.1. The number of hydrogen-bond acceptors (Lipinski definition) is 8. The van der Waals surface area contributed by atoms with Crippen LogP contribution in [0.4, 0.5) is 19.0 Å². The zero-order valence-electron chi connectivity index (χ0n) is 20.3. The van der Waals surface area contributed by atoms with Crippen molar-refractivity contribution < 1.29 is 32.2 Å². The Balaban J connectivity index is 1.15. The first-order valence-corrected chi connectivity index (χ1v) is 12.0. The van der Waals surface area contributed by atoms with Crippen LogP contribution in [0.15, 0.2) is 42.6 Å². The molecule has 0 spiro atoms. The minimum atomic E-state index is -4.80. The quantitative estimate of drug-likeness (QED) is 0.340. The number of benzene rings is 1. The third-order valence-corrected chi connectivity index (χ3v) is 5.58. The molecule has 4 rings (SSSR count). The van der Waals surface area contributed by atoms with E-state index in [4.69, 9.17) is 4.74 Å². The molecule has 0 saturated carbocycles. The first-order chi connectivity index (χ1) is 18.2. The number of hydrogen-bond donors (Lipinski definition) is 2. The number of amides is 2. The van der Waals surface area contributed by atoms with E-state index in [1.54, 1.807) is 23.0 Å². The van der Waals surface area contributed by atoms with Gasteiger partial charge in [0.1, 0.15) is 5.75 Å². The number of nitrogens with one attached hydrogen (secondary N) is 2. The largest absolute Gasteiger partial charge is 0.573 e. The van der Waals surface area contributed by atoms with Gasteiger partial charge in [0.05, 0.1) is 31.5 Å². The number of nitrogens with zero attached hydrogens (tertiary/aromatic N) is 5. The van der Waals surface area contributed by atoms with Gasteiger partial charge in [-0.3, -0.25) is 14.3 Å². The molecule has 1 aromatic carbocycles. The molecule has 1 aliphatic heterocycles. The average Bonchev–Trinajstić information content (AvgIpc) is 3.30. The first-order valence-electron chi connectivity index (χ1n) is 12.0. The second-order valence-corrected chi connectivity index (χ2v) is 8.77. The van der Waals surface area contributed by atoms with Gasteiger partial charge in [-0.05, 0) is 49.1 Å². The summed E-state index contributed by atoms with van der Waals surface area (Å²) >= 11 is 0. The Morgan fingerprint density at radius 2 is 1.95 bits per heavy atom. The average molecular weight is 534 g/mol. The Labute approximate surface area is 215 Å². The monoisotopic (exact) mass is 533 g/mol. The van der Waals surface area contributed by atoms with Crippen molar-refractivity contribution in [3.8, 4) is 5.75 Å². The van der Waals surface area contributed by atoms with E-state index >= 15 is 0 Å². The van der Waals surface area contributed by atoms with E-state index in [2.05, 4.69) is 35.9 Å². The van der Waals surface area contributed by atoms with Crippen molar-refractivity contribution in [2.45, 2.75) is 38.6 Å². The molecule has 2 amide bonds. The molecule has 0 bridgehead atoms. The Hall–Kier alpha value is -4.07. The summed E-state index contributed by atoms with van der Waals surface area (Å²) in [6.07, 6.45) is -1.12. The van der Waals surface area contributed by atoms with Crippen LogP contribution in [0, 0.1) is 5.92 Å². The van der Waals surface area contributed by atoms with E-state index in [0.29, 0.717) is 44.2 Å². The molecule has 11 nitrogen and oxygen atoms in total. The molecule has 1 fully saturated rings. The second-order valence-electron chi connectivity index (χ2n) is 8.77. The Bertz CT molecular complexity index is 1230. The highest BCUT2D eigenvalue weighted by atomic mass is 19.4. The Kier molecular flexibility index (Phi) is 8.84. The Morgan fingerprint density at radius 3 is 2.66 bits per heavy atom. The molecule has 2 aromatic heterocycles. The van der Waals surface area contributed by atoms with Gasteiger partial charge in [-0.25, -0.2) is 0 Å². The van der Waals surface area contributed by atoms with Crippen LogP contribution in [-0.2, 0) is 28.9 Å². The van der Waals surface area contributed by atoms with Crippen LogP contribution in [0.25, 0.3) is 0 Å². The smallest absolute Gasteiger partial charge is 0.406 e. The number of carbonyl (C=O) groups excluding carboxylic acids is 2. The molecule has 0 atom stereocenters. The summed E-state index contributed by atoms with van der Waals surface area (Å²) in [7, 11) is 0. The van der Waals surface area contributed by atoms with Gasteiger partial charge in [-0.2, -0.15) is 5.10 Å². The van der Waals surface area contributed by atoms with Gasteiger partial charge in [-0.15, -0.1) is 23.4 Å². The zero-order valence-corrected chi connectivity index (χ0v) is 20.3. The van der Waals surface area contributed by atoms with Gasteiger partial charge in [0.2, 0.25) is 5.91 Å². The maximum absolute atomic E-state index is 12.4. The number of ether oxygens (including phenoxy) is 2. The van der Waals surface area contributed by atoms with Gasteiger partial charge in [-0.1, -0.05) is 17.3 Å². The van der Waals surface area contributed by atoms with E-state index in [0.717, 1.165) is 30.7 Å². The third kappa shape index (κ3) is 8.50.